The van der Waals surface area contributed by atoms with Crippen LogP contribution in [0.3, 0.4) is 0 Å². The molecule has 36 heavy (non-hydrogen) atoms. The Morgan fingerprint density at radius 2 is 1.69 bits per heavy atom. The smallest absolute Gasteiger partial charge is 0.250 e. The van der Waals surface area contributed by atoms with Crippen molar-refractivity contribution >= 4 is 35.0 Å². The van der Waals surface area contributed by atoms with E-state index in [0.29, 0.717) is 32.6 Å². The summed E-state index contributed by atoms with van der Waals surface area (Å²) in [5, 5.41) is 0. The first-order chi connectivity index (χ1) is 17.1. The standard InChI is InChI=1S/C27H40ClN5O3/c1-26(2,19-28)24(35)31-16-12-27(13-17-31)25(36)32(20-33(27)22-8-6-5-7-9-22)18-23(34)30(4)21-10-14-29(3)15-11-21/h5-9,21H,10-20H2,1-4H3. The summed E-state index contributed by atoms with van der Waals surface area (Å²) in [6.07, 6.45) is 2.96. The van der Waals surface area contributed by atoms with Gasteiger partial charge in [0.1, 0.15) is 12.1 Å². The maximum absolute atomic E-state index is 14.0. The Kier molecular flexibility index (Phi) is 7.86. The zero-order valence-electron chi connectivity index (χ0n) is 22.1. The number of hydrogen-bond acceptors (Lipinski definition) is 5. The van der Waals surface area contributed by atoms with Crippen LogP contribution in [0.5, 0.6) is 0 Å². The minimum absolute atomic E-state index is 0.0137. The van der Waals surface area contributed by atoms with Crippen molar-refractivity contribution in [2.75, 3.05) is 64.3 Å². The number of anilines is 1. The molecule has 0 N–H and O–H groups in total. The zero-order valence-corrected chi connectivity index (χ0v) is 22.8. The summed E-state index contributed by atoms with van der Waals surface area (Å²) in [7, 11) is 3.97. The Morgan fingerprint density at radius 3 is 2.28 bits per heavy atom. The van der Waals surface area contributed by atoms with E-state index in [0.717, 1.165) is 31.6 Å². The highest BCUT2D eigenvalue weighted by Crippen LogP contribution is 2.40. The van der Waals surface area contributed by atoms with E-state index in [2.05, 4.69) is 16.8 Å². The molecule has 3 saturated heterocycles. The summed E-state index contributed by atoms with van der Waals surface area (Å²) in [5.41, 5.74) is -0.428. The van der Waals surface area contributed by atoms with Gasteiger partial charge in [0, 0.05) is 37.7 Å². The lowest BCUT2D eigenvalue weighted by molar-refractivity contribution is -0.145. The Labute approximate surface area is 220 Å². The van der Waals surface area contributed by atoms with E-state index in [1.807, 2.05) is 61.0 Å². The molecule has 0 aliphatic carbocycles. The van der Waals surface area contributed by atoms with E-state index in [9.17, 15) is 14.4 Å². The Hall–Kier alpha value is -2.32. The number of alkyl halides is 1. The first kappa shape index (κ1) is 26.7. The van der Waals surface area contributed by atoms with E-state index < -0.39 is 11.0 Å². The first-order valence-electron chi connectivity index (χ1n) is 13.0. The number of para-hydroxylation sites is 1. The molecule has 1 aromatic rings. The largest absolute Gasteiger partial charge is 0.342 e. The van der Waals surface area contributed by atoms with Crippen molar-refractivity contribution < 1.29 is 14.4 Å². The third kappa shape index (κ3) is 5.07. The Bertz CT molecular complexity index is 955. The lowest BCUT2D eigenvalue weighted by atomic mass is 9.84. The molecule has 3 heterocycles. The van der Waals surface area contributed by atoms with Crippen LogP contribution in [0.4, 0.5) is 5.69 Å². The molecule has 0 radical (unpaired) electrons. The van der Waals surface area contributed by atoms with Gasteiger partial charge in [-0.2, -0.15) is 0 Å². The molecule has 0 aromatic heterocycles. The number of carbonyl (C=O) groups excluding carboxylic acids is 3. The van der Waals surface area contributed by atoms with E-state index in [4.69, 9.17) is 11.6 Å². The molecule has 3 aliphatic heterocycles. The van der Waals surface area contributed by atoms with Gasteiger partial charge in [0.25, 0.3) is 5.91 Å². The molecule has 4 rings (SSSR count). The number of benzene rings is 1. The van der Waals surface area contributed by atoms with Crippen molar-refractivity contribution in [1.29, 1.82) is 0 Å². The van der Waals surface area contributed by atoms with Crippen LogP contribution in [0.2, 0.25) is 0 Å². The van der Waals surface area contributed by atoms with Crippen molar-refractivity contribution in [1.82, 2.24) is 19.6 Å². The molecule has 3 aliphatic rings. The van der Waals surface area contributed by atoms with Crippen molar-refractivity contribution in [2.24, 2.45) is 5.41 Å². The third-order valence-electron chi connectivity index (χ3n) is 8.33. The molecule has 198 valence electrons. The van der Waals surface area contributed by atoms with Crippen LogP contribution >= 0.6 is 11.6 Å². The predicted octanol–water partition coefficient (Wildman–Crippen LogP) is 2.47. The fraction of sp³-hybridized carbons (Fsp3) is 0.667. The predicted molar refractivity (Wildman–Crippen MR) is 142 cm³/mol. The van der Waals surface area contributed by atoms with E-state index in [1.54, 1.807) is 4.90 Å². The van der Waals surface area contributed by atoms with Crippen LogP contribution in [0.15, 0.2) is 30.3 Å². The average molecular weight is 518 g/mol. The van der Waals surface area contributed by atoms with Crippen LogP contribution in [0.1, 0.15) is 39.5 Å². The van der Waals surface area contributed by atoms with Crippen LogP contribution in [-0.2, 0) is 14.4 Å². The molecule has 0 saturated carbocycles. The molecule has 3 amide bonds. The fourth-order valence-corrected chi connectivity index (χ4v) is 5.86. The Morgan fingerprint density at radius 1 is 1.08 bits per heavy atom. The average Bonchev–Trinajstić information content (AvgIpc) is 3.15. The van der Waals surface area contributed by atoms with Gasteiger partial charge in [-0.3, -0.25) is 14.4 Å². The second kappa shape index (κ2) is 10.6. The molecule has 1 aromatic carbocycles. The van der Waals surface area contributed by atoms with Gasteiger partial charge in [-0.1, -0.05) is 18.2 Å². The number of carbonyl (C=O) groups is 3. The summed E-state index contributed by atoms with van der Waals surface area (Å²) in [5.74, 6) is 0.249. The molecule has 3 fully saturated rings. The molecular formula is C27H40ClN5O3. The third-order valence-corrected chi connectivity index (χ3v) is 9.00. The van der Waals surface area contributed by atoms with Gasteiger partial charge in [-0.25, -0.2) is 0 Å². The Balaban J connectivity index is 1.51. The van der Waals surface area contributed by atoms with Crippen molar-refractivity contribution in [3.8, 4) is 0 Å². The molecule has 0 bridgehead atoms. The molecule has 0 unspecified atom stereocenters. The lowest BCUT2D eigenvalue weighted by Crippen LogP contribution is -2.58. The van der Waals surface area contributed by atoms with E-state index in [-0.39, 0.29) is 36.2 Å². The molecule has 9 heteroatoms. The van der Waals surface area contributed by atoms with Crippen LogP contribution in [0.25, 0.3) is 0 Å². The fourth-order valence-electron chi connectivity index (χ4n) is 5.75. The summed E-state index contributed by atoms with van der Waals surface area (Å²) >= 11 is 6.06. The van der Waals surface area contributed by atoms with Gasteiger partial charge in [-0.15, -0.1) is 11.6 Å². The zero-order chi connectivity index (χ0) is 26.1. The van der Waals surface area contributed by atoms with Crippen LogP contribution in [-0.4, -0.2) is 108 Å². The van der Waals surface area contributed by atoms with Crippen molar-refractivity contribution in [3.63, 3.8) is 0 Å². The summed E-state index contributed by atoms with van der Waals surface area (Å²) in [6.45, 7) is 7.11. The molecule has 1 spiro atoms. The molecule has 8 nitrogen and oxygen atoms in total. The minimum atomic E-state index is -0.754. The van der Waals surface area contributed by atoms with Gasteiger partial charge in [0.05, 0.1) is 12.1 Å². The highest BCUT2D eigenvalue weighted by atomic mass is 35.5. The molecular weight excluding hydrogens is 478 g/mol. The maximum atomic E-state index is 14.0. The van der Waals surface area contributed by atoms with Crippen molar-refractivity contribution in [3.05, 3.63) is 30.3 Å². The quantitative estimate of drug-likeness (QED) is 0.542. The lowest BCUT2D eigenvalue weighted by Gasteiger charge is -2.44. The van der Waals surface area contributed by atoms with Gasteiger partial charge < -0.3 is 24.5 Å². The van der Waals surface area contributed by atoms with Crippen molar-refractivity contribution in [2.45, 2.75) is 51.1 Å². The maximum Gasteiger partial charge on any atom is 0.250 e. The summed E-state index contributed by atoms with van der Waals surface area (Å²) in [6, 6.07) is 10.1. The molecule has 0 atom stereocenters. The number of likely N-dealkylation sites (N-methyl/N-ethyl adjacent to an activating group) is 1. The van der Waals surface area contributed by atoms with Crippen LogP contribution < -0.4 is 4.90 Å². The minimum Gasteiger partial charge on any atom is -0.342 e. The van der Waals surface area contributed by atoms with E-state index >= 15 is 0 Å². The normalized spacial score (nSPS) is 21.4. The number of nitrogens with zero attached hydrogens (tertiary/aromatic N) is 5. The number of hydrogen-bond donors (Lipinski definition) is 0. The second-order valence-corrected chi connectivity index (χ2v) is 11.6. The van der Waals surface area contributed by atoms with E-state index in [1.165, 1.54) is 0 Å². The number of piperidine rings is 2. The topological polar surface area (TPSA) is 67.4 Å². The van der Waals surface area contributed by atoms with Gasteiger partial charge in [0.15, 0.2) is 0 Å². The van der Waals surface area contributed by atoms with Gasteiger partial charge in [-0.05, 0) is 71.8 Å². The first-order valence-corrected chi connectivity index (χ1v) is 13.5. The number of amides is 3. The van der Waals surface area contributed by atoms with Gasteiger partial charge >= 0.3 is 0 Å². The highest BCUT2D eigenvalue weighted by molar-refractivity contribution is 6.19. The van der Waals surface area contributed by atoms with Crippen LogP contribution in [0, 0.1) is 5.41 Å². The monoisotopic (exact) mass is 517 g/mol. The van der Waals surface area contributed by atoms with Gasteiger partial charge in [0.2, 0.25) is 11.8 Å². The number of rotatable bonds is 6. The second-order valence-electron chi connectivity index (χ2n) is 11.3. The summed E-state index contributed by atoms with van der Waals surface area (Å²) in [4.78, 5) is 50.1. The summed E-state index contributed by atoms with van der Waals surface area (Å²) < 4.78 is 0. The highest BCUT2D eigenvalue weighted by Gasteiger charge is 2.55. The SMILES string of the molecule is CN1CCC(N(C)C(=O)CN2CN(c3ccccc3)C3(CCN(C(=O)C(C)(C)CCl)CC3)C2=O)CC1. The number of likely N-dealkylation sites (tertiary alicyclic amines) is 2. The number of halogens is 1.